The highest BCUT2D eigenvalue weighted by Crippen LogP contribution is 2.24. The number of nitrogens with zero attached hydrogens (tertiary/aromatic N) is 2. The minimum atomic E-state index is -3.25. The summed E-state index contributed by atoms with van der Waals surface area (Å²) in [4.78, 5) is 4.94. The van der Waals surface area contributed by atoms with Gasteiger partial charge in [0.05, 0.1) is 0 Å². The highest BCUT2D eigenvalue weighted by molar-refractivity contribution is 7.90. The Bertz CT molecular complexity index is 619. The van der Waals surface area contributed by atoms with Crippen LogP contribution in [0.1, 0.15) is 34.8 Å². The lowest BCUT2D eigenvalue weighted by molar-refractivity contribution is 0.363. The van der Waals surface area contributed by atoms with Gasteiger partial charge in [-0.25, -0.2) is 8.42 Å². The minimum Gasteiger partial charge on any atom is -0.337 e. The van der Waals surface area contributed by atoms with Gasteiger partial charge in [-0.2, -0.15) is 4.98 Å². The number of nitrogens with two attached hydrogens (primary N) is 1. The fourth-order valence-electron chi connectivity index (χ4n) is 1.32. The SMILES string of the molecule is CC(c1noc(C(N)c2cccs2)n1)S(C)(=O)=O. The van der Waals surface area contributed by atoms with E-state index in [4.69, 9.17) is 10.3 Å². The summed E-state index contributed by atoms with van der Waals surface area (Å²) in [5, 5.41) is 4.77. The third kappa shape index (κ3) is 2.60. The van der Waals surface area contributed by atoms with Crippen molar-refractivity contribution >= 4 is 21.2 Å². The molecular formula is C10H13N3O3S2. The molecule has 0 saturated carbocycles. The molecule has 2 unspecified atom stereocenters. The Morgan fingerprint density at radius 1 is 1.50 bits per heavy atom. The molecule has 2 N–H and O–H groups in total. The van der Waals surface area contributed by atoms with E-state index in [2.05, 4.69) is 10.1 Å². The molecule has 8 heteroatoms. The molecule has 0 fully saturated rings. The maximum absolute atomic E-state index is 11.4. The van der Waals surface area contributed by atoms with Crippen molar-refractivity contribution in [1.29, 1.82) is 0 Å². The van der Waals surface area contributed by atoms with Gasteiger partial charge in [-0.1, -0.05) is 11.2 Å². The van der Waals surface area contributed by atoms with E-state index in [1.54, 1.807) is 0 Å². The summed E-state index contributed by atoms with van der Waals surface area (Å²) in [6.45, 7) is 1.51. The summed E-state index contributed by atoms with van der Waals surface area (Å²) in [5.41, 5.74) is 5.95. The maximum atomic E-state index is 11.4. The lowest BCUT2D eigenvalue weighted by Crippen LogP contribution is -2.12. The minimum absolute atomic E-state index is 0.138. The summed E-state index contributed by atoms with van der Waals surface area (Å²) in [6.07, 6.45) is 1.13. The van der Waals surface area contributed by atoms with E-state index >= 15 is 0 Å². The molecule has 2 rings (SSSR count). The van der Waals surface area contributed by atoms with Crippen LogP contribution in [0, 0.1) is 0 Å². The molecule has 0 bridgehead atoms. The van der Waals surface area contributed by atoms with E-state index in [1.165, 1.54) is 18.3 Å². The van der Waals surface area contributed by atoms with Crippen molar-refractivity contribution in [2.75, 3.05) is 6.26 Å². The molecule has 0 aliphatic heterocycles. The van der Waals surface area contributed by atoms with Gasteiger partial charge in [0, 0.05) is 11.1 Å². The molecule has 6 nitrogen and oxygen atoms in total. The van der Waals surface area contributed by atoms with Crippen LogP contribution in [0.25, 0.3) is 0 Å². The molecule has 2 aromatic heterocycles. The zero-order valence-electron chi connectivity index (χ0n) is 9.90. The van der Waals surface area contributed by atoms with Crippen LogP contribution in [0.15, 0.2) is 22.0 Å². The van der Waals surface area contributed by atoms with Gasteiger partial charge in [0.2, 0.25) is 5.89 Å². The van der Waals surface area contributed by atoms with Crippen molar-refractivity contribution in [2.24, 2.45) is 5.73 Å². The Kier molecular flexibility index (Phi) is 3.51. The number of sulfone groups is 1. The summed E-state index contributed by atoms with van der Waals surface area (Å²) >= 11 is 1.48. The first-order chi connectivity index (χ1) is 8.39. The van der Waals surface area contributed by atoms with E-state index in [0.29, 0.717) is 0 Å². The van der Waals surface area contributed by atoms with Crippen molar-refractivity contribution in [3.05, 3.63) is 34.1 Å². The van der Waals surface area contributed by atoms with Crippen molar-refractivity contribution in [1.82, 2.24) is 10.1 Å². The highest BCUT2D eigenvalue weighted by atomic mass is 32.2. The number of rotatable bonds is 4. The summed E-state index contributed by atoms with van der Waals surface area (Å²) in [6, 6.07) is 3.22. The monoisotopic (exact) mass is 287 g/mol. The number of hydrogen-bond donors (Lipinski definition) is 1. The molecule has 0 radical (unpaired) electrons. The van der Waals surface area contributed by atoms with Gasteiger partial charge in [0.15, 0.2) is 15.7 Å². The third-order valence-electron chi connectivity index (χ3n) is 2.58. The first-order valence-corrected chi connectivity index (χ1v) is 8.04. The van der Waals surface area contributed by atoms with Crippen LogP contribution in [0.3, 0.4) is 0 Å². The van der Waals surface area contributed by atoms with E-state index in [0.717, 1.165) is 11.1 Å². The number of hydrogen-bond acceptors (Lipinski definition) is 7. The van der Waals surface area contributed by atoms with Crippen LogP contribution in [-0.2, 0) is 9.84 Å². The van der Waals surface area contributed by atoms with E-state index in [1.807, 2.05) is 17.5 Å². The van der Waals surface area contributed by atoms with Crippen LogP contribution < -0.4 is 5.73 Å². The van der Waals surface area contributed by atoms with Crippen molar-refractivity contribution < 1.29 is 12.9 Å². The zero-order valence-corrected chi connectivity index (χ0v) is 11.5. The fourth-order valence-corrected chi connectivity index (χ4v) is 2.52. The van der Waals surface area contributed by atoms with Gasteiger partial charge in [0.25, 0.3) is 0 Å². The zero-order chi connectivity index (χ0) is 13.3. The van der Waals surface area contributed by atoms with Gasteiger partial charge in [0.1, 0.15) is 11.3 Å². The first kappa shape index (κ1) is 13.2. The highest BCUT2D eigenvalue weighted by Gasteiger charge is 2.25. The summed E-state index contributed by atoms with van der Waals surface area (Å²) in [5.74, 6) is 0.363. The molecular weight excluding hydrogens is 274 g/mol. The molecule has 18 heavy (non-hydrogen) atoms. The molecule has 2 heterocycles. The second-order valence-corrected chi connectivity index (χ2v) is 7.30. The van der Waals surface area contributed by atoms with Gasteiger partial charge < -0.3 is 10.3 Å². The van der Waals surface area contributed by atoms with Crippen LogP contribution in [0.5, 0.6) is 0 Å². The van der Waals surface area contributed by atoms with Crippen LogP contribution in [0.2, 0.25) is 0 Å². The molecule has 0 aliphatic rings. The normalized spacial score (nSPS) is 15.5. The smallest absolute Gasteiger partial charge is 0.249 e. The molecule has 0 aliphatic carbocycles. The molecule has 0 saturated heterocycles. The predicted octanol–water partition coefficient (Wildman–Crippen LogP) is 1.28. The number of thiophene rings is 1. The average molecular weight is 287 g/mol. The number of aromatic nitrogens is 2. The lowest BCUT2D eigenvalue weighted by Gasteiger charge is -2.03. The molecule has 98 valence electrons. The molecule has 0 aromatic carbocycles. The average Bonchev–Trinajstić information content (AvgIpc) is 2.97. The molecule has 0 spiro atoms. The molecule has 2 atom stereocenters. The molecule has 0 amide bonds. The van der Waals surface area contributed by atoms with Crippen LogP contribution in [-0.4, -0.2) is 24.8 Å². The van der Waals surface area contributed by atoms with Gasteiger partial charge in [-0.3, -0.25) is 0 Å². The van der Waals surface area contributed by atoms with E-state index in [-0.39, 0.29) is 11.7 Å². The van der Waals surface area contributed by atoms with Crippen molar-refractivity contribution in [2.45, 2.75) is 18.2 Å². The van der Waals surface area contributed by atoms with Crippen LogP contribution >= 0.6 is 11.3 Å². The quantitative estimate of drug-likeness (QED) is 0.909. The molecule has 2 aromatic rings. The Balaban J connectivity index is 2.26. The lowest BCUT2D eigenvalue weighted by atomic mass is 10.2. The Labute approximate surface area is 109 Å². The first-order valence-electron chi connectivity index (χ1n) is 5.21. The van der Waals surface area contributed by atoms with Gasteiger partial charge >= 0.3 is 0 Å². The van der Waals surface area contributed by atoms with Crippen LogP contribution in [0.4, 0.5) is 0 Å². The Hall–Kier alpha value is -1.25. The Morgan fingerprint density at radius 2 is 2.22 bits per heavy atom. The predicted molar refractivity (Wildman–Crippen MR) is 67.9 cm³/mol. The standard InChI is InChI=1S/C10H13N3O3S2/c1-6(18(2,14)15)9-12-10(16-13-9)8(11)7-4-3-5-17-7/h3-6,8H,11H2,1-2H3. The second kappa shape index (κ2) is 4.79. The van der Waals surface area contributed by atoms with Gasteiger partial charge in [-0.05, 0) is 18.4 Å². The van der Waals surface area contributed by atoms with E-state index < -0.39 is 21.1 Å². The topological polar surface area (TPSA) is 99.1 Å². The van der Waals surface area contributed by atoms with Crippen molar-refractivity contribution in [3.8, 4) is 0 Å². The fraction of sp³-hybridized carbons (Fsp3) is 0.400. The largest absolute Gasteiger partial charge is 0.337 e. The summed E-state index contributed by atoms with van der Waals surface area (Å²) in [7, 11) is -3.25. The van der Waals surface area contributed by atoms with E-state index in [9.17, 15) is 8.42 Å². The third-order valence-corrected chi connectivity index (χ3v) is 5.03. The van der Waals surface area contributed by atoms with Gasteiger partial charge in [-0.15, -0.1) is 11.3 Å². The Morgan fingerprint density at radius 3 is 2.78 bits per heavy atom. The maximum Gasteiger partial charge on any atom is 0.249 e. The summed E-state index contributed by atoms with van der Waals surface area (Å²) < 4.78 is 27.8. The second-order valence-electron chi connectivity index (χ2n) is 3.96. The van der Waals surface area contributed by atoms with Crippen molar-refractivity contribution in [3.63, 3.8) is 0 Å².